The van der Waals surface area contributed by atoms with Crippen molar-refractivity contribution in [1.29, 1.82) is 0 Å². The summed E-state index contributed by atoms with van der Waals surface area (Å²) in [5.74, 6) is 5.86. The Labute approximate surface area is 78.1 Å². The van der Waals surface area contributed by atoms with Crippen LogP contribution in [0.15, 0.2) is 18.2 Å². The third kappa shape index (κ3) is 2.39. The summed E-state index contributed by atoms with van der Waals surface area (Å²) in [5.41, 5.74) is 13.3. The highest BCUT2D eigenvalue weighted by molar-refractivity contribution is 5.71. The Balaban J connectivity index is 2.91. The van der Waals surface area contributed by atoms with Crippen LogP contribution in [0.4, 0.5) is 11.4 Å². The number of benzene rings is 1. The van der Waals surface area contributed by atoms with Gasteiger partial charge in [-0.25, -0.2) is 0 Å². The predicted octanol–water partition coefficient (Wildman–Crippen LogP) is 0.422. The van der Waals surface area contributed by atoms with Crippen LogP contribution in [0.1, 0.15) is 5.56 Å². The van der Waals surface area contributed by atoms with Crippen LogP contribution in [0.3, 0.4) is 0 Å². The molecule has 0 aromatic heterocycles. The summed E-state index contributed by atoms with van der Waals surface area (Å²) >= 11 is 0. The van der Waals surface area contributed by atoms with E-state index in [1.165, 1.54) is 0 Å². The van der Waals surface area contributed by atoms with Crippen LogP contribution >= 0.6 is 0 Å². The van der Waals surface area contributed by atoms with Gasteiger partial charge in [-0.05, 0) is 19.2 Å². The zero-order chi connectivity index (χ0) is 9.68. The first-order valence-electron chi connectivity index (χ1n) is 4.03. The number of hydrogen-bond acceptors (Lipinski definition) is 3. The highest BCUT2D eigenvalue weighted by atomic mass is 14.8. The highest BCUT2D eigenvalue weighted by Gasteiger charge is 1.97. The van der Waals surface area contributed by atoms with Gasteiger partial charge in [0.25, 0.3) is 0 Å². The smallest absolute Gasteiger partial charge is 0.0706 e. The van der Waals surface area contributed by atoms with Crippen LogP contribution in [-0.4, -0.2) is 13.6 Å². The molecule has 1 rings (SSSR count). The topological polar surface area (TPSA) is 64.1 Å². The van der Waals surface area contributed by atoms with Gasteiger partial charge in [-0.1, -0.05) is 17.9 Å². The van der Waals surface area contributed by atoms with Crippen molar-refractivity contribution in [2.45, 2.75) is 0 Å². The van der Waals surface area contributed by atoms with Crippen molar-refractivity contribution in [1.82, 2.24) is 5.32 Å². The Morgan fingerprint density at radius 1 is 1.38 bits per heavy atom. The minimum absolute atomic E-state index is 0.561. The van der Waals surface area contributed by atoms with Gasteiger partial charge < -0.3 is 16.8 Å². The number of para-hydroxylation sites is 1. The first-order chi connectivity index (χ1) is 6.25. The number of nitrogens with one attached hydrogen (secondary N) is 1. The fraction of sp³-hybridized carbons (Fsp3) is 0.200. The number of nitrogen functional groups attached to an aromatic ring is 2. The van der Waals surface area contributed by atoms with E-state index in [-0.39, 0.29) is 0 Å². The molecule has 0 bridgehead atoms. The number of anilines is 2. The molecule has 0 radical (unpaired) electrons. The highest BCUT2D eigenvalue weighted by Crippen LogP contribution is 2.17. The molecule has 0 atom stereocenters. The van der Waals surface area contributed by atoms with E-state index in [0.29, 0.717) is 17.9 Å². The van der Waals surface area contributed by atoms with E-state index in [2.05, 4.69) is 17.2 Å². The summed E-state index contributed by atoms with van der Waals surface area (Å²) in [5, 5.41) is 2.93. The Hall–Kier alpha value is -1.66. The van der Waals surface area contributed by atoms with Gasteiger partial charge in [0.2, 0.25) is 0 Å². The Morgan fingerprint density at radius 2 is 2.15 bits per heavy atom. The summed E-state index contributed by atoms with van der Waals surface area (Å²) in [4.78, 5) is 0. The molecule has 0 amide bonds. The molecule has 0 saturated heterocycles. The zero-order valence-electron chi connectivity index (χ0n) is 7.59. The Kier molecular flexibility index (Phi) is 3.18. The first-order valence-corrected chi connectivity index (χ1v) is 4.03. The van der Waals surface area contributed by atoms with Crippen molar-refractivity contribution in [2.75, 3.05) is 25.1 Å². The lowest BCUT2D eigenvalue weighted by Gasteiger charge is -2.00. The third-order valence-electron chi connectivity index (χ3n) is 1.63. The minimum atomic E-state index is 0.561. The fourth-order valence-electron chi connectivity index (χ4n) is 0.920. The van der Waals surface area contributed by atoms with Crippen LogP contribution in [-0.2, 0) is 0 Å². The van der Waals surface area contributed by atoms with E-state index in [0.717, 1.165) is 5.56 Å². The lowest BCUT2D eigenvalue weighted by Crippen LogP contribution is -2.04. The van der Waals surface area contributed by atoms with Crippen molar-refractivity contribution >= 4 is 11.4 Å². The molecule has 0 heterocycles. The molecule has 1 aromatic rings. The van der Waals surface area contributed by atoms with E-state index in [4.69, 9.17) is 11.5 Å². The largest absolute Gasteiger partial charge is 0.397 e. The molecule has 0 saturated carbocycles. The predicted molar refractivity (Wildman–Crippen MR) is 56.1 cm³/mol. The monoisotopic (exact) mass is 175 g/mol. The van der Waals surface area contributed by atoms with Crippen molar-refractivity contribution in [3.63, 3.8) is 0 Å². The van der Waals surface area contributed by atoms with Crippen LogP contribution in [0.2, 0.25) is 0 Å². The van der Waals surface area contributed by atoms with E-state index >= 15 is 0 Å². The maximum atomic E-state index is 5.72. The minimum Gasteiger partial charge on any atom is -0.397 e. The number of rotatable bonds is 1. The lowest BCUT2D eigenvalue weighted by atomic mass is 10.1. The van der Waals surface area contributed by atoms with Gasteiger partial charge in [-0.3, -0.25) is 0 Å². The number of hydrogen-bond donors (Lipinski definition) is 3. The SMILES string of the molecule is CNCC#Cc1cccc(N)c1N. The third-order valence-corrected chi connectivity index (χ3v) is 1.63. The maximum absolute atomic E-state index is 5.72. The lowest BCUT2D eigenvalue weighted by molar-refractivity contribution is 0.938. The molecule has 0 aliphatic heterocycles. The molecule has 68 valence electrons. The van der Waals surface area contributed by atoms with E-state index in [1.807, 2.05) is 19.2 Å². The average molecular weight is 175 g/mol. The molecular weight excluding hydrogens is 162 g/mol. The second-order valence-electron chi connectivity index (χ2n) is 2.64. The average Bonchev–Trinajstić information content (AvgIpc) is 2.13. The molecule has 0 spiro atoms. The maximum Gasteiger partial charge on any atom is 0.0706 e. The normalized spacial score (nSPS) is 9.00. The van der Waals surface area contributed by atoms with Crippen molar-refractivity contribution in [3.8, 4) is 11.8 Å². The van der Waals surface area contributed by atoms with Gasteiger partial charge in [0, 0.05) is 5.56 Å². The van der Waals surface area contributed by atoms with Gasteiger partial charge in [0.05, 0.1) is 17.9 Å². The summed E-state index contributed by atoms with van der Waals surface area (Å²) in [6, 6.07) is 5.46. The van der Waals surface area contributed by atoms with E-state index in [1.54, 1.807) is 6.07 Å². The quantitative estimate of drug-likeness (QED) is 0.428. The first kappa shape index (κ1) is 9.43. The van der Waals surface area contributed by atoms with Crippen molar-refractivity contribution in [2.24, 2.45) is 0 Å². The van der Waals surface area contributed by atoms with Crippen LogP contribution in [0.5, 0.6) is 0 Å². The van der Waals surface area contributed by atoms with Crippen molar-refractivity contribution in [3.05, 3.63) is 23.8 Å². The molecule has 0 fully saturated rings. The number of nitrogens with two attached hydrogens (primary N) is 2. The van der Waals surface area contributed by atoms with Crippen LogP contribution < -0.4 is 16.8 Å². The van der Waals surface area contributed by atoms with Gasteiger partial charge in [0.15, 0.2) is 0 Å². The molecule has 0 aliphatic rings. The molecular formula is C10H13N3. The molecule has 5 N–H and O–H groups in total. The van der Waals surface area contributed by atoms with Gasteiger partial charge in [-0.2, -0.15) is 0 Å². The summed E-state index contributed by atoms with van der Waals surface area (Å²) < 4.78 is 0. The second-order valence-corrected chi connectivity index (χ2v) is 2.64. The summed E-state index contributed by atoms with van der Waals surface area (Å²) in [7, 11) is 1.84. The van der Waals surface area contributed by atoms with Gasteiger partial charge in [0.1, 0.15) is 0 Å². The van der Waals surface area contributed by atoms with Gasteiger partial charge in [-0.15, -0.1) is 0 Å². The molecule has 0 unspecified atom stereocenters. The van der Waals surface area contributed by atoms with E-state index < -0.39 is 0 Å². The fourth-order valence-corrected chi connectivity index (χ4v) is 0.920. The van der Waals surface area contributed by atoms with Gasteiger partial charge >= 0.3 is 0 Å². The molecule has 3 heteroatoms. The zero-order valence-corrected chi connectivity index (χ0v) is 7.59. The standard InChI is InChI=1S/C10H13N3/c1-13-7-3-5-8-4-2-6-9(11)10(8)12/h2,4,6,13H,7,11-12H2,1H3. The molecule has 3 nitrogen and oxygen atoms in total. The van der Waals surface area contributed by atoms with Crippen molar-refractivity contribution < 1.29 is 0 Å². The summed E-state index contributed by atoms with van der Waals surface area (Å²) in [6.07, 6.45) is 0. The van der Waals surface area contributed by atoms with E-state index in [9.17, 15) is 0 Å². The molecule has 1 aromatic carbocycles. The van der Waals surface area contributed by atoms with Crippen LogP contribution in [0, 0.1) is 11.8 Å². The Bertz CT molecular complexity index is 347. The second kappa shape index (κ2) is 4.39. The molecule has 0 aliphatic carbocycles. The Morgan fingerprint density at radius 3 is 2.85 bits per heavy atom. The molecule has 13 heavy (non-hydrogen) atoms. The summed E-state index contributed by atoms with van der Waals surface area (Å²) in [6.45, 7) is 0.647. The van der Waals surface area contributed by atoms with Crippen LogP contribution in [0.25, 0.3) is 0 Å².